The lowest BCUT2D eigenvalue weighted by molar-refractivity contribution is -0.110. The molecule has 4 bridgehead atoms. The van der Waals surface area contributed by atoms with E-state index in [0.29, 0.717) is 10.8 Å². The van der Waals surface area contributed by atoms with E-state index in [0.717, 1.165) is 41.7 Å². The van der Waals surface area contributed by atoms with Gasteiger partial charge < -0.3 is 21.3 Å². The Morgan fingerprint density at radius 1 is 0.958 bits per heavy atom. The Labute approximate surface area is 157 Å². The summed E-state index contributed by atoms with van der Waals surface area (Å²) >= 11 is 10.6. The number of hydrogen-bond acceptors (Lipinski definition) is 2. The zero-order valence-electron chi connectivity index (χ0n) is 15.0. The molecule has 0 amide bonds. The standard InChI is InChI=1S/C18H32N4S2/c1-3-20-16(24)22-12-18-9-13-6-14(10-18)8-17(7-13,11-18)4-5-21-15(23)19-2/h13-14H,3-12H2,1-2H3,(H2,19,21,23)(H2,20,22,24). The lowest BCUT2D eigenvalue weighted by Crippen LogP contribution is -2.56. The Bertz CT molecular complexity index is 479. The maximum atomic E-state index is 5.39. The third-order valence-corrected chi connectivity index (χ3v) is 7.07. The van der Waals surface area contributed by atoms with E-state index < -0.39 is 0 Å². The van der Waals surface area contributed by atoms with Gasteiger partial charge in [0.05, 0.1) is 0 Å². The van der Waals surface area contributed by atoms with Gasteiger partial charge in [-0.25, -0.2) is 0 Å². The van der Waals surface area contributed by atoms with Gasteiger partial charge in [-0.05, 0) is 99.0 Å². The van der Waals surface area contributed by atoms with Gasteiger partial charge in [-0.15, -0.1) is 0 Å². The highest BCUT2D eigenvalue weighted by Gasteiger charge is 2.57. The van der Waals surface area contributed by atoms with Crippen LogP contribution in [0.1, 0.15) is 51.9 Å². The minimum absolute atomic E-state index is 0.465. The molecule has 0 saturated heterocycles. The predicted octanol–water partition coefficient (Wildman–Crippen LogP) is 2.54. The van der Waals surface area contributed by atoms with Gasteiger partial charge in [0.1, 0.15) is 0 Å². The highest BCUT2D eigenvalue weighted by Crippen LogP contribution is 2.66. The van der Waals surface area contributed by atoms with Crippen LogP contribution in [0.5, 0.6) is 0 Å². The zero-order chi connectivity index (χ0) is 17.2. The van der Waals surface area contributed by atoms with Crippen LogP contribution in [0.2, 0.25) is 0 Å². The van der Waals surface area contributed by atoms with E-state index in [9.17, 15) is 0 Å². The minimum atomic E-state index is 0.465. The van der Waals surface area contributed by atoms with Crippen LogP contribution in [0.4, 0.5) is 0 Å². The number of hydrogen-bond donors (Lipinski definition) is 4. The van der Waals surface area contributed by atoms with Crippen molar-refractivity contribution in [2.24, 2.45) is 22.7 Å². The monoisotopic (exact) mass is 368 g/mol. The fourth-order valence-electron chi connectivity index (χ4n) is 6.17. The molecule has 2 atom stereocenters. The summed E-state index contributed by atoms with van der Waals surface area (Å²) in [6.07, 6.45) is 9.73. The van der Waals surface area contributed by atoms with E-state index >= 15 is 0 Å². The second-order valence-electron chi connectivity index (χ2n) is 8.43. The fraction of sp³-hybridized carbons (Fsp3) is 0.889. The van der Waals surface area contributed by atoms with Gasteiger partial charge in [0.15, 0.2) is 10.2 Å². The van der Waals surface area contributed by atoms with Crippen molar-refractivity contribution in [2.45, 2.75) is 51.9 Å². The third-order valence-electron chi connectivity index (χ3n) is 6.43. The molecule has 0 aromatic heterocycles. The largest absolute Gasteiger partial charge is 0.366 e. The first-order valence-electron chi connectivity index (χ1n) is 9.45. The van der Waals surface area contributed by atoms with Crippen LogP contribution in [0.25, 0.3) is 0 Å². The molecule has 2 unspecified atom stereocenters. The van der Waals surface area contributed by atoms with Crippen molar-refractivity contribution in [3.05, 3.63) is 0 Å². The average Bonchev–Trinajstić information content (AvgIpc) is 2.52. The Morgan fingerprint density at radius 2 is 1.62 bits per heavy atom. The van der Waals surface area contributed by atoms with E-state index in [2.05, 4.69) is 28.2 Å². The number of rotatable bonds is 6. The van der Waals surface area contributed by atoms with E-state index in [1.54, 1.807) is 0 Å². The van der Waals surface area contributed by atoms with Gasteiger partial charge in [0, 0.05) is 26.7 Å². The Kier molecular flexibility index (Phi) is 5.55. The molecule has 0 heterocycles. The van der Waals surface area contributed by atoms with Gasteiger partial charge in [0.25, 0.3) is 0 Å². The van der Waals surface area contributed by atoms with Gasteiger partial charge >= 0.3 is 0 Å². The molecule has 4 N–H and O–H groups in total. The van der Waals surface area contributed by atoms with Gasteiger partial charge in [-0.1, -0.05) is 0 Å². The molecule has 4 fully saturated rings. The first-order chi connectivity index (χ1) is 11.5. The fourth-order valence-corrected chi connectivity index (χ4v) is 6.49. The van der Waals surface area contributed by atoms with Crippen LogP contribution in [-0.4, -0.2) is 36.9 Å². The second-order valence-corrected chi connectivity index (χ2v) is 9.25. The summed E-state index contributed by atoms with van der Waals surface area (Å²) in [5.74, 6) is 1.86. The number of nitrogens with one attached hydrogen (secondary N) is 4. The van der Waals surface area contributed by atoms with Crippen molar-refractivity contribution < 1.29 is 0 Å². The predicted molar refractivity (Wildman–Crippen MR) is 108 cm³/mol. The molecule has 136 valence electrons. The van der Waals surface area contributed by atoms with Crippen LogP contribution < -0.4 is 21.3 Å². The molecule has 4 rings (SSSR count). The molecular formula is C18H32N4S2. The zero-order valence-corrected chi connectivity index (χ0v) is 16.7. The molecule has 4 aliphatic carbocycles. The second kappa shape index (κ2) is 7.32. The Morgan fingerprint density at radius 3 is 2.25 bits per heavy atom. The third kappa shape index (κ3) is 3.96. The summed E-state index contributed by atoms with van der Waals surface area (Å²) < 4.78 is 0. The molecule has 0 aromatic rings. The Hall–Kier alpha value is -0.620. The lowest BCUT2D eigenvalue weighted by atomic mass is 9.43. The molecule has 6 heteroatoms. The average molecular weight is 369 g/mol. The highest BCUT2D eigenvalue weighted by atomic mass is 32.1. The summed E-state index contributed by atoms with van der Waals surface area (Å²) in [5.41, 5.74) is 0.995. The number of thiocarbonyl (C=S) groups is 2. The first kappa shape index (κ1) is 18.2. The summed E-state index contributed by atoms with van der Waals surface area (Å²) in [7, 11) is 1.88. The van der Waals surface area contributed by atoms with Crippen LogP contribution in [0, 0.1) is 22.7 Å². The van der Waals surface area contributed by atoms with Crippen molar-refractivity contribution in [3.63, 3.8) is 0 Å². The van der Waals surface area contributed by atoms with Crippen molar-refractivity contribution in [3.8, 4) is 0 Å². The van der Waals surface area contributed by atoms with E-state index in [4.69, 9.17) is 24.4 Å². The normalized spacial score (nSPS) is 36.2. The summed E-state index contributed by atoms with van der Waals surface area (Å²) in [6.45, 7) is 5.04. The van der Waals surface area contributed by atoms with E-state index in [1.807, 2.05) is 7.05 Å². The summed E-state index contributed by atoms with van der Waals surface area (Å²) in [6, 6.07) is 0. The summed E-state index contributed by atoms with van der Waals surface area (Å²) in [4.78, 5) is 0. The van der Waals surface area contributed by atoms with Gasteiger partial charge in [0.2, 0.25) is 0 Å². The molecule has 4 nitrogen and oxygen atoms in total. The summed E-state index contributed by atoms with van der Waals surface area (Å²) in [5, 5.41) is 14.7. The van der Waals surface area contributed by atoms with Crippen LogP contribution in [0.3, 0.4) is 0 Å². The van der Waals surface area contributed by atoms with E-state index in [-0.39, 0.29) is 0 Å². The molecule has 0 aliphatic heterocycles. The van der Waals surface area contributed by atoms with Crippen molar-refractivity contribution >= 4 is 34.7 Å². The molecule has 24 heavy (non-hydrogen) atoms. The molecule has 0 aromatic carbocycles. The lowest BCUT2D eigenvalue weighted by Gasteiger charge is -2.62. The van der Waals surface area contributed by atoms with Crippen LogP contribution >= 0.6 is 24.4 Å². The van der Waals surface area contributed by atoms with Crippen molar-refractivity contribution in [1.82, 2.24) is 21.3 Å². The maximum Gasteiger partial charge on any atom is 0.166 e. The van der Waals surface area contributed by atoms with Crippen LogP contribution in [-0.2, 0) is 0 Å². The quantitative estimate of drug-likeness (QED) is 0.541. The SMILES string of the molecule is CCNC(=S)NCC12CC3CC(CC(CCNC(=S)NC)(C3)C1)C2. The topological polar surface area (TPSA) is 48.1 Å². The molecule has 0 radical (unpaired) electrons. The minimum Gasteiger partial charge on any atom is -0.366 e. The van der Waals surface area contributed by atoms with Gasteiger partial charge in [-0.2, -0.15) is 0 Å². The first-order valence-corrected chi connectivity index (χ1v) is 10.3. The van der Waals surface area contributed by atoms with Crippen molar-refractivity contribution in [2.75, 3.05) is 26.7 Å². The molecular weight excluding hydrogens is 336 g/mol. The van der Waals surface area contributed by atoms with Gasteiger partial charge in [-0.3, -0.25) is 0 Å². The van der Waals surface area contributed by atoms with Crippen molar-refractivity contribution in [1.29, 1.82) is 0 Å². The van der Waals surface area contributed by atoms with E-state index in [1.165, 1.54) is 44.9 Å². The Balaban J connectivity index is 1.61. The smallest absolute Gasteiger partial charge is 0.166 e. The molecule has 0 spiro atoms. The highest BCUT2D eigenvalue weighted by molar-refractivity contribution is 7.80. The molecule has 4 aliphatic rings. The molecule has 4 saturated carbocycles. The maximum absolute atomic E-state index is 5.39. The van der Waals surface area contributed by atoms with Crippen LogP contribution in [0.15, 0.2) is 0 Å².